The summed E-state index contributed by atoms with van der Waals surface area (Å²) in [5, 5.41) is 5.47. The maximum atomic E-state index is 11.2. The SMILES string of the molecule is O=c1cc(NC2CCCc3sccc32)nc[nH]1. The number of fused-ring (bicyclic) bond motifs is 1. The summed E-state index contributed by atoms with van der Waals surface area (Å²) in [5.74, 6) is 0.651. The van der Waals surface area contributed by atoms with Crippen LogP contribution < -0.4 is 10.9 Å². The van der Waals surface area contributed by atoms with Crippen molar-refractivity contribution >= 4 is 17.2 Å². The zero-order valence-corrected chi connectivity index (χ0v) is 10.1. The van der Waals surface area contributed by atoms with Crippen molar-refractivity contribution in [1.82, 2.24) is 9.97 Å². The zero-order chi connectivity index (χ0) is 11.7. The molecule has 0 spiro atoms. The van der Waals surface area contributed by atoms with Crippen LogP contribution >= 0.6 is 11.3 Å². The van der Waals surface area contributed by atoms with Gasteiger partial charge in [0.25, 0.3) is 5.56 Å². The lowest BCUT2D eigenvalue weighted by atomic mass is 9.94. The highest BCUT2D eigenvalue weighted by Gasteiger charge is 2.21. The van der Waals surface area contributed by atoms with Crippen molar-refractivity contribution in [2.24, 2.45) is 0 Å². The normalized spacial score (nSPS) is 18.7. The number of nitrogens with one attached hydrogen (secondary N) is 2. The quantitative estimate of drug-likeness (QED) is 0.856. The fourth-order valence-electron chi connectivity index (χ4n) is 2.26. The Kier molecular flexibility index (Phi) is 2.68. The van der Waals surface area contributed by atoms with Crippen LogP contribution in [0.25, 0.3) is 0 Å². The van der Waals surface area contributed by atoms with Crippen molar-refractivity contribution in [2.75, 3.05) is 5.32 Å². The average molecular weight is 247 g/mol. The summed E-state index contributed by atoms with van der Waals surface area (Å²) in [6.07, 6.45) is 4.89. The van der Waals surface area contributed by atoms with Crippen LogP contribution in [-0.2, 0) is 6.42 Å². The Balaban J connectivity index is 1.86. The molecule has 1 atom stereocenters. The van der Waals surface area contributed by atoms with Crippen LogP contribution in [0.4, 0.5) is 5.82 Å². The van der Waals surface area contributed by atoms with Crippen molar-refractivity contribution in [3.63, 3.8) is 0 Å². The molecule has 2 heterocycles. The van der Waals surface area contributed by atoms with E-state index in [0.717, 1.165) is 6.42 Å². The third kappa shape index (κ3) is 2.10. The fraction of sp³-hybridized carbons (Fsp3) is 0.333. The third-order valence-electron chi connectivity index (χ3n) is 3.05. The van der Waals surface area contributed by atoms with E-state index in [1.54, 1.807) is 0 Å². The molecule has 4 nitrogen and oxygen atoms in total. The van der Waals surface area contributed by atoms with E-state index in [1.807, 2.05) is 11.3 Å². The largest absolute Gasteiger partial charge is 0.363 e. The Morgan fingerprint density at radius 1 is 1.53 bits per heavy atom. The maximum Gasteiger partial charge on any atom is 0.252 e. The second kappa shape index (κ2) is 4.33. The number of anilines is 1. The van der Waals surface area contributed by atoms with Crippen molar-refractivity contribution in [3.05, 3.63) is 44.6 Å². The van der Waals surface area contributed by atoms with E-state index in [2.05, 4.69) is 26.7 Å². The molecule has 88 valence electrons. The van der Waals surface area contributed by atoms with Gasteiger partial charge in [-0.05, 0) is 36.3 Å². The Morgan fingerprint density at radius 3 is 3.35 bits per heavy atom. The van der Waals surface area contributed by atoms with E-state index in [9.17, 15) is 4.79 Å². The van der Waals surface area contributed by atoms with Gasteiger partial charge in [0, 0.05) is 10.9 Å². The molecule has 0 aliphatic heterocycles. The summed E-state index contributed by atoms with van der Waals surface area (Å²) >= 11 is 1.81. The predicted molar refractivity (Wildman–Crippen MR) is 68.5 cm³/mol. The van der Waals surface area contributed by atoms with Gasteiger partial charge in [0.2, 0.25) is 0 Å². The first-order valence-corrected chi connectivity index (χ1v) is 6.58. The topological polar surface area (TPSA) is 57.8 Å². The number of aryl methyl sites for hydroxylation is 1. The van der Waals surface area contributed by atoms with Gasteiger partial charge in [-0.15, -0.1) is 11.3 Å². The number of rotatable bonds is 2. The third-order valence-corrected chi connectivity index (χ3v) is 4.05. The lowest BCUT2D eigenvalue weighted by Crippen LogP contribution is -2.18. The first-order chi connectivity index (χ1) is 8.33. The number of aromatic amines is 1. The van der Waals surface area contributed by atoms with Gasteiger partial charge >= 0.3 is 0 Å². The van der Waals surface area contributed by atoms with Crippen LogP contribution in [0.5, 0.6) is 0 Å². The van der Waals surface area contributed by atoms with E-state index >= 15 is 0 Å². The molecule has 0 amide bonds. The molecule has 5 heteroatoms. The molecule has 0 saturated heterocycles. The van der Waals surface area contributed by atoms with Crippen LogP contribution in [0.2, 0.25) is 0 Å². The first-order valence-electron chi connectivity index (χ1n) is 5.70. The number of aromatic nitrogens is 2. The molecule has 1 unspecified atom stereocenters. The maximum absolute atomic E-state index is 11.2. The van der Waals surface area contributed by atoms with Crippen LogP contribution in [0, 0.1) is 0 Å². The molecule has 2 N–H and O–H groups in total. The number of thiophene rings is 1. The molecular weight excluding hydrogens is 234 g/mol. The van der Waals surface area contributed by atoms with Crippen molar-refractivity contribution in [3.8, 4) is 0 Å². The summed E-state index contributed by atoms with van der Waals surface area (Å²) < 4.78 is 0. The Labute approximate surface area is 103 Å². The highest BCUT2D eigenvalue weighted by atomic mass is 32.1. The minimum atomic E-state index is -0.121. The van der Waals surface area contributed by atoms with E-state index in [0.29, 0.717) is 11.9 Å². The van der Waals surface area contributed by atoms with Crippen molar-refractivity contribution < 1.29 is 0 Å². The molecule has 2 aromatic heterocycles. The first kappa shape index (κ1) is 10.5. The molecular formula is C12H13N3OS. The second-order valence-electron chi connectivity index (χ2n) is 4.18. The molecule has 1 aliphatic carbocycles. The lowest BCUT2D eigenvalue weighted by Gasteiger charge is -2.23. The molecule has 1 aliphatic rings. The minimum absolute atomic E-state index is 0.121. The van der Waals surface area contributed by atoms with Gasteiger partial charge in [-0.1, -0.05) is 0 Å². The van der Waals surface area contributed by atoms with Crippen molar-refractivity contribution in [1.29, 1.82) is 0 Å². The van der Waals surface area contributed by atoms with Crippen LogP contribution in [0.15, 0.2) is 28.6 Å². The highest BCUT2D eigenvalue weighted by Crippen LogP contribution is 2.34. The predicted octanol–water partition coefficient (Wildman–Crippen LogP) is 2.32. The fourth-order valence-corrected chi connectivity index (χ4v) is 3.25. The molecule has 2 aromatic rings. The van der Waals surface area contributed by atoms with Gasteiger partial charge in [-0.3, -0.25) is 4.79 Å². The van der Waals surface area contributed by atoms with Gasteiger partial charge in [0.05, 0.1) is 12.4 Å². The number of H-pyrrole nitrogens is 1. The summed E-state index contributed by atoms with van der Waals surface area (Å²) in [5.41, 5.74) is 1.24. The molecule has 0 fully saturated rings. The summed E-state index contributed by atoms with van der Waals surface area (Å²) in [6.45, 7) is 0. The van der Waals surface area contributed by atoms with E-state index < -0.39 is 0 Å². The molecule has 3 rings (SSSR count). The van der Waals surface area contributed by atoms with E-state index in [4.69, 9.17) is 0 Å². The number of hydrogen-bond acceptors (Lipinski definition) is 4. The number of nitrogens with zero attached hydrogens (tertiary/aromatic N) is 1. The van der Waals surface area contributed by atoms with Gasteiger partial charge in [0.1, 0.15) is 5.82 Å². The molecule has 0 radical (unpaired) electrons. The minimum Gasteiger partial charge on any atom is -0.363 e. The van der Waals surface area contributed by atoms with E-state index in [1.165, 1.54) is 35.7 Å². The molecule has 0 saturated carbocycles. The Morgan fingerprint density at radius 2 is 2.47 bits per heavy atom. The van der Waals surface area contributed by atoms with Gasteiger partial charge in [-0.25, -0.2) is 4.98 Å². The molecule has 17 heavy (non-hydrogen) atoms. The zero-order valence-electron chi connectivity index (χ0n) is 9.27. The van der Waals surface area contributed by atoms with Crippen LogP contribution in [0.1, 0.15) is 29.3 Å². The van der Waals surface area contributed by atoms with Crippen LogP contribution in [0.3, 0.4) is 0 Å². The standard InChI is InChI=1S/C12H13N3OS/c16-12-6-11(13-7-14-12)15-9-2-1-3-10-8(9)4-5-17-10/h4-7,9H,1-3H2,(H2,13,14,15,16). The average Bonchev–Trinajstić information content (AvgIpc) is 2.78. The van der Waals surface area contributed by atoms with Gasteiger partial charge < -0.3 is 10.3 Å². The molecule has 0 bridgehead atoms. The summed E-state index contributed by atoms with van der Waals surface area (Å²) in [4.78, 5) is 19.3. The van der Waals surface area contributed by atoms with Gasteiger partial charge in [-0.2, -0.15) is 0 Å². The van der Waals surface area contributed by atoms with E-state index in [-0.39, 0.29) is 5.56 Å². The van der Waals surface area contributed by atoms with Gasteiger partial charge in [0.15, 0.2) is 0 Å². The smallest absolute Gasteiger partial charge is 0.252 e. The van der Waals surface area contributed by atoms with Crippen molar-refractivity contribution in [2.45, 2.75) is 25.3 Å². The summed E-state index contributed by atoms with van der Waals surface area (Å²) in [6, 6.07) is 3.96. The molecule has 0 aromatic carbocycles. The Hall–Kier alpha value is -1.62. The summed E-state index contributed by atoms with van der Waals surface area (Å²) in [7, 11) is 0. The Bertz CT molecular complexity index is 575. The van der Waals surface area contributed by atoms with Crippen LogP contribution in [-0.4, -0.2) is 9.97 Å². The lowest BCUT2D eigenvalue weighted by molar-refractivity contribution is 0.606. The highest BCUT2D eigenvalue weighted by molar-refractivity contribution is 7.10. The monoisotopic (exact) mass is 247 g/mol. The number of hydrogen-bond donors (Lipinski definition) is 2. The second-order valence-corrected chi connectivity index (χ2v) is 5.19.